The fourth-order valence-electron chi connectivity index (χ4n) is 2.15. The Balaban J connectivity index is 1.88. The number of hydrogen-bond donors (Lipinski definition) is 1. The standard InChI is InChI=1S/C13H21N3OS/c1-3-14-12(11-5-7-17-8-11)9-18-13-15-6-4-10(2)16-13/h4,6,11-12,14H,3,5,7-9H2,1-2H3. The Morgan fingerprint density at radius 2 is 2.50 bits per heavy atom. The molecule has 0 aromatic carbocycles. The number of nitrogens with zero attached hydrogens (tertiary/aromatic N) is 2. The van der Waals surface area contributed by atoms with Gasteiger partial charge in [-0.15, -0.1) is 0 Å². The molecule has 18 heavy (non-hydrogen) atoms. The summed E-state index contributed by atoms with van der Waals surface area (Å²) in [6.45, 7) is 6.93. The molecule has 1 fully saturated rings. The average Bonchev–Trinajstić information content (AvgIpc) is 2.88. The summed E-state index contributed by atoms with van der Waals surface area (Å²) in [7, 11) is 0. The molecule has 1 aromatic heterocycles. The zero-order chi connectivity index (χ0) is 12.8. The second-order valence-corrected chi connectivity index (χ2v) is 5.57. The zero-order valence-electron chi connectivity index (χ0n) is 11.1. The van der Waals surface area contributed by atoms with Gasteiger partial charge in [0.25, 0.3) is 0 Å². The number of nitrogens with one attached hydrogen (secondary N) is 1. The van der Waals surface area contributed by atoms with Crippen LogP contribution in [0.5, 0.6) is 0 Å². The minimum Gasteiger partial charge on any atom is -0.381 e. The molecule has 2 rings (SSSR count). The van der Waals surface area contributed by atoms with Gasteiger partial charge in [0, 0.05) is 36.2 Å². The monoisotopic (exact) mass is 267 g/mol. The third-order valence-corrected chi connectivity index (χ3v) is 4.15. The molecule has 0 radical (unpaired) electrons. The third kappa shape index (κ3) is 3.93. The molecule has 2 unspecified atom stereocenters. The van der Waals surface area contributed by atoms with Crippen molar-refractivity contribution >= 4 is 11.8 Å². The van der Waals surface area contributed by atoms with Gasteiger partial charge in [0.2, 0.25) is 0 Å². The molecule has 1 aromatic rings. The highest BCUT2D eigenvalue weighted by Crippen LogP contribution is 2.22. The normalized spacial score (nSPS) is 21.1. The average molecular weight is 267 g/mol. The number of hydrogen-bond acceptors (Lipinski definition) is 5. The van der Waals surface area contributed by atoms with E-state index >= 15 is 0 Å². The Hall–Kier alpha value is -0.650. The summed E-state index contributed by atoms with van der Waals surface area (Å²) in [6.07, 6.45) is 2.98. The minimum absolute atomic E-state index is 0.492. The van der Waals surface area contributed by atoms with Crippen molar-refractivity contribution in [3.05, 3.63) is 18.0 Å². The van der Waals surface area contributed by atoms with E-state index in [2.05, 4.69) is 22.2 Å². The number of aryl methyl sites for hydroxylation is 1. The molecular formula is C13H21N3OS. The second kappa shape index (κ2) is 7.07. The largest absolute Gasteiger partial charge is 0.381 e. The van der Waals surface area contributed by atoms with Gasteiger partial charge in [0.1, 0.15) is 0 Å². The van der Waals surface area contributed by atoms with Crippen molar-refractivity contribution in [2.45, 2.75) is 31.5 Å². The fraction of sp³-hybridized carbons (Fsp3) is 0.692. The van der Waals surface area contributed by atoms with Gasteiger partial charge in [-0.25, -0.2) is 9.97 Å². The summed E-state index contributed by atoms with van der Waals surface area (Å²) in [4.78, 5) is 8.72. The van der Waals surface area contributed by atoms with Crippen molar-refractivity contribution in [1.29, 1.82) is 0 Å². The molecule has 0 bridgehead atoms. The lowest BCUT2D eigenvalue weighted by Gasteiger charge is -2.22. The van der Waals surface area contributed by atoms with Crippen LogP contribution in [0.3, 0.4) is 0 Å². The van der Waals surface area contributed by atoms with Crippen LogP contribution in [-0.2, 0) is 4.74 Å². The van der Waals surface area contributed by atoms with Crippen LogP contribution in [0.4, 0.5) is 0 Å². The molecule has 1 saturated heterocycles. The molecule has 1 aliphatic heterocycles. The molecule has 0 aliphatic carbocycles. The van der Waals surface area contributed by atoms with Crippen LogP contribution in [0.2, 0.25) is 0 Å². The summed E-state index contributed by atoms with van der Waals surface area (Å²) >= 11 is 1.73. The maximum Gasteiger partial charge on any atom is 0.187 e. The van der Waals surface area contributed by atoms with E-state index in [1.54, 1.807) is 11.8 Å². The Labute approximate surface area is 113 Å². The topological polar surface area (TPSA) is 47.0 Å². The van der Waals surface area contributed by atoms with Gasteiger partial charge in [-0.3, -0.25) is 0 Å². The third-order valence-electron chi connectivity index (χ3n) is 3.16. The lowest BCUT2D eigenvalue weighted by molar-refractivity contribution is 0.179. The molecule has 0 amide bonds. The van der Waals surface area contributed by atoms with Gasteiger partial charge in [0.15, 0.2) is 5.16 Å². The predicted molar refractivity (Wildman–Crippen MR) is 73.9 cm³/mol. The minimum atomic E-state index is 0.492. The maximum atomic E-state index is 5.48. The lowest BCUT2D eigenvalue weighted by atomic mass is 10.0. The number of ether oxygens (including phenoxy) is 1. The van der Waals surface area contributed by atoms with Gasteiger partial charge in [-0.05, 0) is 26.0 Å². The Bertz CT molecular complexity index is 369. The first-order valence-corrected chi connectivity index (χ1v) is 7.51. The van der Waals surface area contributed by atoms with Crippen LogP contribution in [-0.4, -0.2) is 41.5 Å². The van der Waals surface area contributed by atoms with Crippen molar-refractivity contribution in [1.82, 2.24) is 15.3 Å². The van der Waals surface area contributed by atoms with Crippen molar-refractivity contribution < 1.29 is 4.74 Å². The molecular weight excluding hydrogens is 246 g/mol. The van der Waals surface area contributed by atoms with E-state index in [1.165, 1.54) is 0 Å². The maximum absolute atomic E-state index is 5.48. The number of rotatable bonds is 6. The van der Waals surface area contributed by atoms with Crippen molar-refractivity contribution in [3.8, 4) is 0 Å². The molecule has 1 N–H and O–H groups in total. The molecule has 2 heterocycles. The van der Waals surface area contributed by atoms with E-state index in [9.17, 15) is 0 Å². The molecule has 0 spiro atoms. The van der Waals surface area contributed by atoms with Gasteiger partial charge in [0.05, 0.1) is 6.61 Å². The van der Waals surface area contributed by atoms with Crippen LogP contribution in [0.15, 0.2) is 17.4 Å². The van der Waals surface area contributed by atoms with Crippen LogP contribution in [0, 0.1) is 12.8 Å². The Kier molecular flexibility index (Phi) is 5.41. The van der Waals surface area contributed by atoms with E-state index in [-0.39, 0.29) is 0 Å². The van der Waals surface area contributed by atoms with Crippen LogP contribution in [0.25, 0.3) is 0 Å². The SMILES string of the molecule is CCNC(CSc1nccc(C)n1)C1CCOC1. The second-order valence-electron chi connectivity index (χ2n) is 4.58. The molecule has 5 heteroatoms. The van der Waals surface area contributed by atoms with E-state index in [0.717, 1.165) is 42.8 Å². The molecule has 0 saturated carbocycles. The van der Waals surface area contributed by atoms with E-state index in [1.807, 2.05) is 19.2 Å². The Morgan fingerprint density at radius 3 is 3.17 bits per heavy atom. The van der Waals surface area contributed by atoms with E-state index < -0.39 is 0 Å². The number of thioether (sulfide) groups is 1. The smallest absolute Gasteiger partial charge is 0.187 e. The van der Waals surface area contributed by atoms with Crippen molar-refractivity contribution in [2.24, 2.45) is 5.92 Å². The molecule has 1 aliphatic rings. The van der Waals surface area contributed by atoms with E-state index in [4.69, 9.17) is 4.74 Å². The molecule has 2 atom stereocenters. The van der Waals surface area contributed by atoms with Crippen molar-refractivity contribution in [2.75, 3.05) is 25.5 Å². The summed E-state index contributed by atoms with van der Waals surface area (Å²) in [5.74, 6) is 1.63. The summed E-state index contributed by atoms with van der Waals surface area (Å²) in [5, 5.41) is 4.43. The highest BCUT2D eigenvalue weighted by molar-refractivity contribution is 7.99. The van der Waals surface area contributed by atoms with Gasteiger partial charge in [-0.1, -0.05) is 18.7 Å². The van der Waals surface area contributed by atoms with Crippen LogP contribution < -0.4 is 5.32 Å². The first-order chi connectivity index (χ1) is 8.79. The van der Waals surface area contributed by atoms with Gasteiger partial charge in [-0.2, -0.15) is 0 Å². The zero-order valence-corrected chi connectivity index (χ0v) is 11.9. The summed E-state index contributed by atoms with van der Waals surface area (Å²) in [6, 6.07) is 2.42. The predicted octanol–water partition coefficient (Wildman–Crippen LogP) is 1.89. The Morgan fingerprint density at radius 1 is 1.61 bits per heavy atom. The van der Waals surface area contributed by atoms with E-state index in [0.29, 0.717) is 12.0 Å². The highest BCUT2D eigenvalue weighted by atomic mass is 32.2. The molecule has 100 valence electrons. The van der Waals surface area contributed by atoms with Crippen LogP contribution in [0.1, 0.15) is 19.0 Å². The summed E-state index contributed by atoms with van der Waals surface area (Å²) in [5.41, 5.74) is 1.02. The first-order valence-electron chi connectivity index (χ1n) is 6.53. The van der Waals surface area contributed by atoms with Crippen LogP contribution >= 0.6 is 11.8 Å². The fourth-order valence-corrected chi connectivity index (χ4v) is 3.22. The van der Waals surface area contributed by atoms with Gasteiger partial charge >= 0.3 is 0 Å². The first kappa shape index (κ1) is 13.8. The molecule has 4 nitrogen and oxygen atoms in total. The number of aromatic nitrogens is 2. The van der Waals surface area contributed by atoms with Crippen molar-refractivity contribution in [3.63, 3.8) is 0 Å². The quantitative estimate of drug-likeness (QED) is 0.630. The lowest BCUT2D eigenvalue weighted by Crippen LogP contribution is -2.38. The highest BCUT2D eigenvalue weighted by Gasteiger charge is 2.25. The van der Waals surface area contributed by atoms with Gasteiger partial charge < -0.3 is 10.1 Å². The summed E-state index contributed by atoms with van der Waals surface area (Å²) < 4.78 is 5.48.